The van der Waals surface area contributed by atoms with Crippen LogP contribution in [0.2, 0.25) is 0 Å². The van der Waals surface area contributed by atoms with Crippen LogP contribution in [0.1, 0.15) is 52.9 Å². The molecule has 0 aromatic heterocycles. The summed E-state index contributed by atoms with van der Waals surface area (Å²) in [7, 11) is 3.57. The molecule has 1 aliphatic rings. The number of carbonyl (C=O) groups is 1. The highest BCUT2D eigenvalue weighted by Gasteiger charge is 2.53. The molecule has 2 atom stereocenters. The Morgan fingerprint density at radius 1 is 1.37 bits per heavy atom. The standard InChI is InChI=1S/C15H29NO3/c1-14(2,3)15(16-4,11-8-6-7-9-11)12(19-5)10-13(17)18/h11-12,16H,6-10H2,1-5H3,(H,17,18)/t12-,15-/m1/s1. The zero-order chi connectivity index (χ0) is 14.7. The molecule has 112 valence electrons. The Balaban J connectivity index is 3.17. The summed E-state index contributed by atoms with van der Waals surface area (Å²) in [4.78, 5) is 11.2. The number of aliphatic carboxylic acids is 1. The van der Waals surface area contributed by atoms with Crippen molar-refractivity contribution in [1.82, 2.24) is 5.32 Å². The first-order chi connectivity index (χ1) is 8.79. The number of carboxylic acid groups (broad SMARTS) is 1. The lowest BCUT2D eigenvalue weighted by molar-refractivity contribution is -0.145. The monoisotopic (exact) mass is 271 g/mol. The number of methoxy groups -OCH3 is 1. The third-order valence-electron chi connectivity index (χ3n) is 4.81. The Kier molecular flexibility index (Phi) is 5.39. The second kappa shape index (κ2) is 6.23. The van der Waals surface area contributed by atoms with E-state index in [0.29, 0.717) is 5.92 Å². The Morgan fingerprint density at radius 2 is 1.89 bits per heavy atom. The summed E-state index contributed by atoms with van der Waals surface area (Å²) in [6.07, 6.45) is 4.50. The fraction of sp³-hybridized carbons (Fsp3) is 0.933. The molecular weight excluding hydrogens is 242 g/mol. The minimum atomic E-state index is -0.797. The molecule has 0 radical (unpaired) electrons. The van der Waals surface area contributed by atoms with Gasteiger partial charge >= 0.3 is 5.97 Å². The van der Waals surface area contributed by atoms with Gasteiger partial charge in [0, 0.05) is 7.11 Å². The number of rotatable bonds is 6. The summed E-state index contributed by atoms with van der Waals surface area (Å²) in [6, 6.07) is 0. The summed E-state index contributed by atoms with van der Waals surface area (Å²) in [5.74, 6) is -0.324. The van der Waals surface area contributed by atoms with Gasteiger partial charge in [-0.1, -0.05) is 33.6 Å². The summed E-state index contributed by atoms with van der Waals surface area (Å²) in [6.45, 7) is 6.53. The van der Waals surface area contributed by atoms with Crippen LogP contribution in [-0.4, -0.2) is 36.9 Å². The van der Waals surface area contributed by atoms with Gasteiger partial charge in [0.25, 0.3) is 0 Å². The molecule has 0 bridgehead atoms. The smallest absolute Gasteiger partial charge is 0.306 e. The average molecular weight is 271 g/mol. The van der Waals surface area contributed by atoms with Crippen LogP contribution in [0, 0.1) is 11.3 Å². The van der Waals surface area contributed by atoms with E-state index < -0.39 is 5.97 Å². The molecule has 19 heavy (non-hydrogen) atoms. The fourth-order valence-electron chi connectivity index (χ4n) is 4.07. The highest BCUT2D eigenvalue weighted by Crippen LogP contribution is 2.47. The normalized spacial score (nSPS) is 22.2. The molecule has 2 N–H and O–H groups in total. The maximum atomic E-state index is 11.2. The predicted molar refractivity (Wildman–Crippen MR) is 76.3 cm³/mol. The van der Waals surface area contributed by atoms with E-state index in [9.17, 15) is 9.90 Å². The zero-order valence-corrected chi connectivity index (χ0v) is 13.0. The first-order valence-electron chi connectivity index (χ1n) is 7.23. The van der Waals surface area contributed by atoms with Crippen LogP contribution in [0.3, 0.4) is 0 Å². The quantitative estimate of drug-likeness (QED) is 0.780. The lowest BCUT2D eigenvalue weighted by Gasteiger charge is -2.53. The number of hydrogen-bond acceptors (Lipinski definition) is 3. The summed E-state index contributed by atoms with van der Waals surface area (Å²) in [5, 5.41) is 12.6. The molecule has 0 aromatic carbocycles. The van der Waals surface area contributed by atoms with Crippen molar-refractivity contribution in [1.29, 1.82) is 0 Å². The molecule has 1 rings (SSSR count). The molecular formula is C15H29NO3. The zero-order valence-electron chi connectivity index (χ0n) is 13.0. The maximum Gasteiger partial charge on any atom is 0.306 e. The second-order valence-electron chi connectivity index (χ2n) is 6.67. The van der Waals surface area contributed by atoms with Crippen molar-refractivity contribution in [2.75, 3.05) is 14.2 Å². The molecule has 0 amide bonds. The van der Waals surface area contributed by atoms with Gasteiger partial charge in [-0.15, -0.1) is 0 Å². The van der Waals surface area contributed by atoms with Crippen LogP contribution >= 0.6 is 0 Å². The van der Waals surface area contributed by atoms with E-state index in [1.165, 1.54) is 12.8 Å². The number of carboxylic acids is 1. The highest BCUT2D eigenvalue weighted by molar-refractivity contribution is 5.67. The second-order valence-corrected chi connectivity index (χ2v) is 6.67. The largest absolute Gasteiger partial charge is 0.481 e. The molecule has 1 aliphatic carbocycles. The summed E-state index contributed by atoms with van der Waals surface area (Å²) < 4.78 is 5.61. The van der Waals surface area contributed by atoms with Crippen LogP contribution in [-0.2, 0) is 9.53 Å². The van der Waals surface area contributed by atoms with Crippen molar-refractivity contribution in [2.24, 2.45) is 11.3 Å². The first kappa shape index (κ1) is 16.4. The fourth-order valence-corrected chi connectivity index (χ4v) is 4.07. The van der Waals surface area contributed by atoms with Gasteiger partial charge in [-0.05, 0) is 31.2 Å². The van der Waals surface area contributed by atoms with E-state index in [-0.39, 0.29) is 23.5 Å². The third-order valence-corrected chi connectivity index (χ3v) is 4.81. The van der Waals surface area contributed by atoms with Crippen molar-refractivity contribution in [3.05, 3.63) is 0 Å². The van der Waals surface area contributed by atoms with Crippen molar-refractivity contribution >= 4 is 5.97 Å². The minimum absolute atomic E-state index is 0.0467. The SMILES string of the molecule is CN[C@](C1CCCC1)([C@@H](CC(=O)O)OC)C(C)(C)C. The van der Waals surface area contributed by atoms with E-state index in [2.05, 4.69) is 26.1 Å². The Morgan fingerprint density at radius 3 is 2.21 bits per heavy atom. The van der Waals surface area contributed by atoms with Gasteiger partial charge in [0.05, 0.1) is 18.1 Å². The molecule has 0 aromatic rings. The van der Waals surface area contributed by atoms with Crippen LogP contribution in [0.5, 0.6) is 0 Å². The van der Waals surface area contributed by atoms with E-state index in [1.807, 2.05) is 7.05 Å². The summed E-state index contributed by atoms with van der Waals surface area (Å²) in [5.41, 5.74) is -0.358. The highest BCUT2D eigenvalue weighted by atomic mass is 16.5. The molecule has 0 heterocycles. The van der Waals surface area contributed by atoms with Crippen molar-refractivity contribution < 1.29 is 14.6 Å². The molecule has 0 unspecified atom stereocenters. The van der Waals surface area contributed by atoms with Crippen LogP contribution in [0.4, 0.5) is 0 Å². The molecule has 0 spiro atoms. The van der Waals surface area contributed by atoms with Crippen LogP contribution < -0.4 is 5.32 Å². The van der Waals surface area contributed by atoms with Gasteiger partial charge in [-0.25, -0.2) is 0 Å². The molecule has 1 saturated carbocycles. The van der Waals surface area contributed by atoms with Gasteiger partial charge in [0.1, 0.15) is 0 Å². The maximum absolute atomic E-state index is 11.2. The van der Waals surface area contributed by atoms with Crippen LogP contribution in [0.15, 0.2) is 0 Å². The minimum Gasteiger partial charge on any atom is -0.481 e. The third kappa shape index (κ3) is 3.11. The van der Waals surface area contributed by atoms with Crippen LogP contribution in [0.25, 0.3) is 0 Å². The van der Waals surface area contributed by atoms with Crippen molar-refractivity contribution in [3.8, 4) is 0 Å². The topological polar surface area (TPSA) is 58.6 Å². The van der Waals surface area contributed by atoms with E-state index >= 15 is 0 Å². The van der Waals surface area contributed by atoms with Gasteiger partial charge in [0.2, 0.25) is 0 Å². The molecule has 0 aliphatic heterocycles. The number of nitrogens with one attached hydrogen (secondary N) is 1. The van der Waals surface area contributed by atoms with Crippen molar-refractivity contribution in [3.63, 3.8) is 0 Å². The van der Waals surface area contributed by atoms with Gasteiger partial charge in [-0.2, -0.15) is 0 Å². The predicted octanol–water partition coefficient (Wildman–Crippen LogP) is 2.67. The Bertz CT molecular complexity index is 305. The molecule has 0 saturated heterocycles. The lowest BCUT2D eigenvalue weighted by atomic mass is 9.61. The van der Waals surface area contributed by atoms with Crippen molar-refractivity contribution in [2.45, 2.75) is 64.5 Å². The average Bonchev–Trinajstić information content (AvgIpc) is 2.80. The number of hydrogen-bond donors (Lipinski definition) is 2. The van der Waals surface area contributed by atoms with Gasteiger partial charge in [0.15, 0.2) is 0 Å². The number of likely N-dealkylation sites (N-methyl/N-ethyl adjacent to an activating group) is 1. The first-order valence-corrected chi connectivity index (χ1v) is 7.23. The lowest BCUT2D eigenvalue weighted by Crippen LogP contribution is -2.66. The number of ether oxygens (including phenoxy) is 1. The van der Waals surface area contributed by atoms with E-state index in [0.717, 1.165) is 12.8 Å². The Hall–Kier alpha value is -0.610. The van der Waals surface area contributed by atoms with E-state index in [4.69, 9.17) is 4.74 Å². The molecule has 1 fully saturated rings. The Labute approximate surface area is 116 Å². The summed E-state index contributed by atoms with van der Waals surface area (Å²) >= 11 is 0. The van der Waals surface area contributed by atoms with Gasteiger partial charge in [-0.3, -0.25) is 4.79 Å². The van der Waals surface area contributed by atoms with E-state index in [1.54, 1.807) is 7.11 Å². The molecule has 4 nitrogen and oxygen atoms in total. The molecule has 4 heteroatoms. The van der Waals surface area contributed by atoms with Gasteiger partial charge < -0.3 is 15.2 Å².